The van der Waals surface area contributed by atoms with Crippen LogP contribution in [0.4, 0.5) is 0 Å². The van der Waals surface area contributed by atoms with Gasteiger partial charge in [0.05, 0.1) is 6.20 Å². The normalized spacial score (nSPS) is 11.2. The minimum Gasteiger partial charge on any atom is -0.453 e. The first-order valence-electron chi connectivity index (χ1n) is 7.35. The zero-order valence-electron chi connectivity index (χ0n) is 13.1. The Balaban J connectivity index is 2.36. The third kappa shape index (κ3) is 3.58. The van der Waals surface area contributed by atoms with Crippen molar-refractivity contribution >= 4 is 0 Å². The summed E-state index contributed by atoms with van der Waals surface area (Å²) in [5.74, 6) is 2.92. The van der Waals surface area contributed by atoms with Crippen molar-refractivity contribution in [3.8, 4) is 11.5 Å². The molecule has 0 saturated carbocycles. The van der Waals surface area contributed by atoms with Gasteiger partial charge in [-0.3, -0.25) is 0 Å². The fourth-order valence-corrected chi connectivity index (χ4v) is 2.10. The molecule has 0 fully saturated rings. The molecule has 0 aliphatic heterocycles. The molecule has 0 unspecified atom stereocenters. The highest BCUT2D eigenvalue weighted by molar-refractivity contribution is 5.40. The van der Waals surface area contributed by atoms with E-state index in [1.165, 1.54) is 0 Å². The van der Waals surface area contributed by atoms with Crippen LogP contribution >= 0.6 is 0 Å². The molecule has 1 heterocycles. The first-order valence-corrected chi connectivity index (χ1v) is 7.35. The van der Waals surface area contributed by atoms with Gasteiger partial charge in [-0.15, -0.1) is 0 Å². The molecule has 0 atom stereocenters. The van der Waals surface area contributed by atoms with E-state index in [0.717, 1.165) is 22.8 Å². The number of nitrogens with zero attached hydrogens (tertiary/aromatic N) is 2. The zero-order chi connectivity index (χ0) is 15.4. The topological polar surface area (TPSA) is 61.0 Å². The summed E-state index contributed by atoms with van der Waals surface area (Å²) in [6.07, 6.45) is 1.72. The van der Waals surface area contributed by atoms with Gasteiger partial charge in [0.15, 0.2) is 5.75 Å². The van der Waals surface area contributed by atoms with E-state index in [1.54, 1.807) is 6.20 Å². The molecule has 0 radical (unpaired) electrons. The second kappa shape index (κ2) is 6.68. The molecule has 21 heavy (non-hydrogen) atoms. The van der Waals surface area contributed by atoms with Crippen LogP contribution in [0.3, 0.4) is 0 Å². The Kier molecular flexibility index (Phi) is 4.91. The van der Waals surface area contributed by atoms with Gasteiger partial charge < -0.3 is 10.5 Å². The summed E-state index contributed by atoms with van der Waals surface area (Å²) >= 11 is 0. The SMILES string of the molecule is CC(C)c1ncc(Oc2ccccc2C(C)C)c(CN)n1. The molecule has 0 bridgehead atoms. The summed E-state index contributed by atoms with van der Waals surface area (Å²) in [6, 6.07) is 8.02. The number of hydrogen-bond acceptors (Lipinski definition) is 4. The highest BCUT2D eigenvalue weighted by Crippen LogP contribution is 2.31. The standard InChI is InChI=1S/C17H23N3O/c1-11(2)13-7-5-6-8-15(13)21-16-10-19-17(12(3)4)20-14(16)9-18/h5-8,10-12H,9,18H2,1-4H3. The number of hydrogen-bond donors (Lipinski definition) is 1. The van der Waals surface area contributed by atoms with Gasteiger partial charge in [0, 0.05) is 12.5 Å². The van der Waals surface area contributed by atoms with Crippen molar-refractivity contribution in [1.82, 2.24) is 9.97 Å². The maximum absolute atomic E-state index is 6.02. The van der Waals surface area contributed by atoms with Crippen LogP contribution in [0.2, 0.25) is 0 Å². The average Bonchev–Trinajstić information content (AvgIpc) is 2.47. The number of aromatic nitrogens is 2. The van der Waals surface area contributed by atoms with E-state index in [1.807, 2.05) is 18.2 Å². The molecular formula is C17H23N3O. The smallest absolute Gasteiger partial charge is 0.168 e. The predicted molar refractivity (Wildman–Crippen MR) is 84.6 cm³/mol. The summed E-state index contributed by atoms with van der Waals surface area (Å²) in [6.45, 7) is 8.74. The lowest BCUT2D eigenvalue weighted by Crippen LogP contribution is -2.08. The Bertz CT molecular complexity index is 609. The molecule has 1 aromatic heterocycles. The fourth-order valence-electron chi connectivity index (χ4n) is 2.10. The minimum atomic E-state index is 0.271. The lowest BCUT2D eigenvalue weighted by atomic mass is 10.0. The van der Waals surface area contributed by atoms with E-state index in [9.17, 15) is 0 Å². The Morgan fingerprint density at radius 3 is 2.38 bits per heavy atom. The summed E-state index contributed by atoms with van der Waals surface area (Å²) in [7, 11) is 0. The molecule has 0 aliphatic carbocycles. The molecule has 0 saturated heterocycles. The number of rotatable bonds is 5. The summed E-state index contributed by atoms with van der Waals surface area (Å²) in [5, 5.41) is 0. The fraction of sp³-hybridized carbons (Fsp3) is 0.412. The Labute approximate surface area is 126 Å². The summed E-state index contributed by atoms with van der Waals surface area (Å²) in [5.41, 5.74) is 7.70. The quantitative estimate of drug-likeness (QED) is 0.902. The molecule has 2 aromatic rings. The van der Waals surface area contributed by atoms with Crippen molar-refractivity contribution < 1.29 is 4.74 Å². The van der Waals surface area contributed by atoms with Gasteiger partial charge in [0.25, 0.3) is 0 Å². The molecule has 0 aliphatic rings. The molecule has 2 rings (SSSR count). The van der Waals surface area contributed by atoms with Crippen molar-refractivity contribution in [3.63, 3.8) is 0 Å². The van der Waals surface area contributed by atoms with Crippen LogP contribution in [-0.4, -0.2) is 9.97 Å². The molecule has 112 valence electrons. The van der Waals surface area contributed by atoms with Crippen LogP contribution in [0.25, 0.3) is 0 Å². The molecule has 4 heteroatoms. The van der Waals surface area contributed by atoms with Crippen LogP contribution in [0, 0.1) is 0 Å². The minimum absolute atomic E-state index is 0.271. The van der Waals surface area contributed by atoms with Crippen LogP contribution in [0.1, 0.15) is 56.6 Å². The highest BCUT2D eigenvalue weighted by Gasteiger charge is 2.13. The summed E-state index contributed by atoms with van der Waals surface area (Å²) < 4.78 is 6.02. The number of ether oxygens (including phenoxy) is 1. The first-order chi connectivity index (χ1) is 10.0. The van der Waals surface area contributed by atoms with Crippen LogP contribution in [0.5, 0.6) is 11.5 Å². The average molecular weight is 285 g/mol. The second-order valence-electron chi connectivity index (χ2n) is 5.69. The third-order valence-corrected chi connectivity index (χ3v) is 3.32. The van der Waals surface area contributed by atoms with E-state index in [2.05, 4.69) is 43.7 Å². The van der Waals surface area contributed by atoms with E-state index >= 15 is 0 Å². The Morgan fingerprint density at radius 2 is 1.76 bits per heavy atom. The van der Waals surface area contributed by atoms with Gasteiger partial charge in [-0.2, -0.15) is 0 Å². The molecule has 4 nitrogen and oxygen atoms in total. The van der Waals surface area contributed by atoms with Gasteiger partial charge in [-0.1, -0.05) is 45.9 Å². The number of nitrogens with two attached hydrogens (primary N) is 1. The second-order valence-corrected chi connectivity index (χ2v) is 5.69. The van der Waals surface area contributed by atoms with E-state index < -0.39 is 0 Å². The molecule has 2 N–H and O–H groups in total. The number of benzene rings is 1. The van der Waals surface area contributed by atoms with Crippen molar-refractivity contribution in [3.05, 3.63) is 47.5 Å². The summed E-state index contributed by atoms with van der Waals surface area (Å²) in [4.78, 5) is 8.87. The molecule has 0 amide bonds. The van der Waals surface area contributed by atoms with Gasteiger partial charge in [-0.05, 0) is 17.5 Å². The lowest BCUT2D eigenvalue weighted by molar-refractivity contribution is 0.459. The van der Waals surface area contributed by atoms with Gasteiger partial charge in [0.2, 0.25) is 0 Å². The van der Waals surface area contributed by atoms with Gasteiger partial charge in [0.1, 0.15) is 17.3 Å². The van der Waals surface area contributed by atoms with Crippen molar-refractivity contribution in [2.75, 3.05) is 0 Å². The van der Waals surface area contributed by atoms with Crippen molar-refractivity contribution in [2.24, 2.45) is 5.73 Å². The molecular weight excluding hydrogens is 262 g/mol. The lowest BCUT2D eigenvalue weighted by Gasteiger charge is -2.15. The molecule has 1 aromatic carbocycles. The first kappa shape index (κ1) is 15.4. The van der Waals surface area contributed by atoms with Gasteiger partial charge >= 0.3 is 0 Å². The van der Waals surface area contributed by atoms with E-state index in [0.29, 0.717) is 18.2 Å². The maximum Gasteiger partial charge on any atom is 0.168 e. The highest BCUT2D eigenvalue weighted by atomic mass is 16.5. The van der Waals surface area contributed by atoms with Crippen molar-refractivity contribution in [2.45, 2.75) is 46.1 Å². The monoisotopic (exact) mass is 285 g/mol. The molecule has 0 spiro atoms. The largest absolute Gasteiger partial charge is 0.453 e. The Morgan fingerprint density at radius 1 is 1.05 bits per heavy atom. The van der Waals surface area contributed by atoms with Crippen LogP contribution in [-0.2, 0) is 6.54 Å². The Hall–Kier alpha value is -1.94. The zero-order valence-corrected chi connectivity index (χ0v) is 13.1. The van der Waals surface area contributed by atoms with E-state index in [-0.39, 0.29) is 5.92 Å². The van der Waals surface area contributed by atoms with Crippen molar-refractivity contribution in [1.29, 1.82) is 0 Å². The van der Waals surface area contributed by atoms with Crippen LogP contribution < -0.4 is 10.5 Å². The van der Waals surface area contributed by atoms with E-state index in [4.69, 9.17) is 10.5 Å². The van der Waals surface area contributed by atoms with Crippen LogP contribution in [0.15, 0.2) is 30.5 Å². The third-order valence-electron chi connectivity index (χ3n) is 3.32. The maximum atomic E-state index is 6.02. The predicted octanol–water partition coefficient (Wildman–Crippen LogP) is 3.97. The van der Waals surface area contributed by atoms with Gasteiger partial charge in [-0.25, -0.2) is 9.97 Å². The number of para-hydroxylation sites is 1.